The molecule has 10 atom stereocenters. The molecule has 342 valence electrons. The van der Waals surface area contributed by atoms with Crippen LogP contribution in [0.1, 0.15) is 116 Å². The molecule has 2 aromatic carbocycles. The average molecular weight is 857 g/mol. The third kappa shape index (κ3) is 10.7. The minimum atomic E-state index is -0.826. The SMILES string of the molecule is CC[C@H](C)[C@@H]([C@@H](CC(=O)N1CCC[C@H]1[C@H](OC)[C@@H](C)C(=O)C[C@@]1(C(=O)N2CCc3ccccc3C2)C[C@@H]1c1ccccc1)OC)N(C)C(=O)[C@@H](CC(=O)[C@@H](NC)C(C)C)C(C)C. The Morgan fingerprint density at radius 2 is 1.52 bits per heavy atom. The van der Waals surface area contributed by atoms with Crippen LogP contribution in [0, 0.1) is 35.0 Å². The van der Waals surface area contributed by atoms with E-state index in [2.05, 4.69) is 43.4 Å². The summed E-state index contributed by atoms with van der Waals surface area (Å²) in [4.78, 5) is 77.0. The van der Waals surface area contributed by atoms with Crippen molar-refractivity contribution in [2.24, 2.45) is 35.0 Å². The van der Waals surface area contributed by atoms with E-state index in [1.807, 2.05) is 74.8 Å². The highest BCUT2D eigenvalue weighted by molar-refractivity contribution is 5.95. The highest BCUT2D eigenvalue weighted by Gasteiger charge is 2.63. The number of nitrogens with zero attached hydrogens (tertiary/aromatic N) is 3. The molecular weight excluding hydrogens is 781 g/mol. The summed E-state index contributed by atoms with van der Waals surface area (Å²) in [5.41, 5.74) is 2.68. The first-order valence-corrected chi connectivity index (χ1v) is 23.3. The Kier molecular flexibility index (Phi) is 17.1. The molecule has 1 aliphatic carbocycles. The molecule has 11 nitrogen and oxygen atoms in total. The van der Waals surface area contributed by atoms with Crippen LogP contribution < -0.4 is 5.32 Å². The van der Waals surface area contributed by atoms with E-state index >= 15 is 0 Å². The van der Waals surface area contributed by atoms with Gasteiger partial charge < -0.3 is 29.5 Å². The van der Waals surface area contributed by atoms with Crippen LogP contribution >= 0.6 is 0 Å². The summed E-state index contributed by atoms with van der Waals surface area (Å²) < 4.78 is 12.3. The van der Waals surface area contributed by atoms with Crippen molar-refractivity contribution in [3.05, 3.63) is 71.3 Å². The van der Waals surface area contributed by atoms with Crippen LogP contribution in [0.15, 0.2) is 54.6 Å². The number of likely N-dealkylation sites (tertiary alicyclic amines) is 1. The van der Waals surface area contributed by atoms with Gasteiger partial charge in [-0.15, -0.1) is 0 Å². The Bertz CT molecular complexity index is 1850. The highest BCUT2D eigenvalue weighted by atomic mass is 16.5. The molecule has 1 saturated heterocycles. The van der Waals surface area contributed by atoms with Crippen molar-refractivity contribution in [2.45, 2.75) is 143 Å². The molecule has 5 rings (SSSR count). The maximum absolute atomic E-state index is 14.6. The van der Waals surface area contributed by atoms with Gasteiger partial charge in [0.1, 0.15) is 5.78 Å². The van der Waals surface area contributed by atoms with Gasteiger partial charge in [0.25, 0.3) is 0 Å². The number of hydrogen-bond donors (Lipinski definition) is 1. The molecule has 0 aromatic heterocycles. The fourth-order valence-electron chi connectivity index (χ4n) is 10.8. The fourth-order valence-corrected chi connectivity index (χ4v) is 10.8. The van der Waals surface area contributed by atoms with E-state index in [1.165, 1.54) is 5.56 Å². The molecule has 62 heavy (non-hydrogen) atoms. The van der Waals surface area contributed by atoms with Gasteiger partial charge in [0.2, 0.25) is 17.7 Å². The van der Waals surface area contributed by atoms with Gasteiger partial charge in [-0.1, -0.05) is 109 Å². The number of rotatable bonds is 22. The van der Waals surface area contributed by atoms with Crippen molar-refractivity contribution in [3.8, 4) is 0 Å². The number of methoxy groups -OCH3 is 2. The first-order valence-electron chi connectivity index (χ1n) is 23.3. The molecule has 2 heterocycles. The lowest BCUT2D eigenvalue weighted by molar-refractivity contribution is -0.149. The average Bonchev–Trinajstić information content (AvgIpc) is 3.79. The van der Waals surface area contributed by atoms with Crippen LogP contribution in [0.2, 0.25) is 0 Å². The van der Waals surface area contributed by atoms with Crippen molar-refractivity contribution >= 4 is 29.3 Å². The van der Waals surface area contributed by atoms with E-state index in [9.17, 15) is 24.0 Å². The van der Waals surface area contributed by atoms with Gasteiger partial charge in [0.05, 0.1) is 42.2 Å². The van der Waals surface area contributed by atoms with Gasteiger partial charge in [-0.25, -0.2) is 0 Å². The summed E-state index contributed by atoms with van der Waals surface area (Å²) in [6.45, 7) is 15.7. The van der Waals surface area contributed by atoms with Crippen molar-refractivity contribution < 1.29 is 33.4 Å². The van der Waals surface area contributed by atoms with E-state index in [0.29, 0.717) is 32.5 Å². The zero-order valence-electron chi connectivity index (χ0n) is 39.5. The Balaban J connectivity index is 1.31. The number of Topliss-reactive ketones (excluding diaryl/α,β-unsaturated/α-hetero) is 2. The zero-order chi connectivity index (χ0) is 45.5. The van der Waals surface area contributed by atoms with Gasteiger partial charge in [-0.05, 0) is 73.1 Å². The largest absolute Gasteiger partial charge is 0.379 e. The van der Waals surface area contributed by atoms with E-state index in [-0.39, 0.29) is 84.3 Å². The maximum atomic E-state index is 14.6. The van der Waals surface area contributed by atoms with E-state index in [4.69, 9.17) is 9.47 Å². The lowest BCUT2D eigenvalue weighted by Gasteiger charge is -2.41. The lowest BCUT2D eigenvalue weighted by atomic mass is 9.83. The molecule has 3 amide bonds. The monoisotopic (exact) mass is 857 g/mol. The second-order valence-electron chi connectivity index (χ2n) is 19.3. The molecular formula is C51H76N4O7. The number of benzene rings is 2. The van der Waals surface area contributed by atoms with Gasteiger partial charge >= 0.3 is 0 Å². The molecule has 1 N–H and O–H groups in total. The molecule has 2 aliphatic heterocycles. The Morgan fingerprint density at radius 1 is 0.855 bits per heavy atom. The van der Waals surface area contributed by atoms with Crippen LogP contribution in [-0.4, -0.2) is 116 Å². The first-order chi connectivity index (χ1) is 29.5. The molecule has 0 unspecified atom stereocenters. The zero-order valence-corrected chi connectivity index (χ0v) is 39.5. The summed E-state index contributed by atoms with van der Waals surface area (Å²) in [6.07, 6.45) is 2.75. The number of carbonyl (C=O) groups excluding carboxylic acids is 5. The quantitative estimate of drug-likeness (QED) is 0.133. The lowest BCUT2D eigenvalue weighted by Crippen LogP contribution is -2.54. The molecule has 0 bridgehead atoms. The van der Waals surface area contributed by atoms with Crippen LogP contribution in [0.4, 0.5) is 0 Å². The maximum Gasteiger partial charge on any atom is 0.230 e. The van der Waals surface area contributed by atoms with Crippen LogP contribution in [0.5, 0.6) is 0 Å². The third-order valence-electron chi connectivity index (χ3n) is 14.8. The molecule has 1 saturated carbocycles. The Hall–Kier alpha value is -3.93. The van der Waals surface area contributed by atoms with Gasteiger partial charge in [0, 0.05) is 65.6 Å². The molecule has 2 fully saturated rings. The van der Waals surface area contributed by atoms with Crippen LogP contribution in [0.25, 0.3) is 0 Å². The second-order valence-corrected chi connectivity index (χ2v) is 19.3. The molecule has 3 aliphatic rings. The summed E-state index contributed by atoms with van der Waals surface area (Å²) in [5, 5.41) is 3.13. The number of nitrogens with one attached hydrogen (secondary N) is 1. The van der Waals surface area contributed by atoms with Crippen molar-refractivity contribution in [3.63, 3.8) is 0 Å². The van der Waals surface area contributed by atoms with E-state index < -0.39 is 35.5 Å². The topological polar surface area (TPSA) is 126 Å². The normalized spacial score (nSPS) is 23.2. The second kappa shape index (κ2) is 21.6. The number of fused-ring (bicyclic) bond motifs is 1. The molecule has 11 heteroatoms. The van der Waals surface area contributed by atoms with Gasteiger partial charge in [0.15, 0.2) is 5.78 Å². The van der Waals surface area contributed by atoms with E-state index in [1.54, 1.807) is 33.2 Å². The molecule has 0 spiro atoms. The minimum absolute atomic E-state index is 0.00141. The number of ketones is 2. The minimum Gasteiger partial charge on any atom is -0.379 e. The summed E-state index contributed by atoms with van der Waals surface area (Å²) in [7, 11) is 6.76. The molecule has 0 radical (unpaired) electrons. The van der Waals surface area contributed by atoms with Crippen molar-refractivity contribution in [1.29, 1.82) is 0 Å². The number of ether oxygens (including phenoxy) is 2. The fraction of sp³-hybridized carbons (Fsp3) is 0.667. The van der Waals surface area contributed by atoms with Crippen LogP contribution in [-0.2, 0) is 46.4 Å². The predicted molar refractivity (Wildman–Crippen MR) is 243 cm³/mol. The standard InChI is InChI=1S/C51H76N4O7/c1-12-34(6)47(53(9)49(59)39(32(2)3)27-42(56)46(52-8)33(4)5)44(61-10)28-45(58)55-25-18-23-41(55)48(62-11)35(7)43(57)30-51(29-40(51)37-20-14-13-15-21-37)50(60)54-26-24-36-19-16-17-22-38(36)31-54/h13-17,19-22,32-35,39-41,44,46-48,52H,12,18,23-31H2,1-11H3/t34-,35-,39-,40+,41-,44+,46-,47-,48+,51-/m0/s1. The number of amides is 3. The van der Waals surface area contributed by atoms with Crippen LogP contribution in [0.3, 0.4) is 0 Å². The van der Waals surface area contributed by atoms with Gasteiger partial charge in [-0.3, -0.25) is 24.0 Å². The highest BCUT2D eigenvalue weighted by Crippen LogP contribution is 2.63. The summed E-state index contributed by atoms with van der Waals surface area (Å²) >= 11 is 0. The number of carbonyl (C=O) groups is 5. The number of likely N-dealkylation sites (N-methyl/N-ethyl adjacent to an activating group) is 2. The van der Waals surface area contributed by atoms with Crippen molar-refractivity contribution in [2.75, 3.05) is 41.4 Å². The summed E-state index contributed by atoms with van der Waals surface area (Å²) in [6, 6.07) is 17.3. The van der Waals surface area contributed by atoms with Gasteiger partial charge in [-0.2, -0.15) is 0 Å². The number of hydrogen-bond acceptors (Lipinski definition) is 8. The smallest absolute Gasteiger partial charge is 0.230 e. The Labute approximate surface area is 372 Å². The predicted octanol–water partition coefficient (Wildman–Crippen LogP) is 7.10. The first kappa shape index (κ1) is 49.1. The van der Waals surface area contributed by atoms with Crippen molar-refractivity contribution in [1.82, 2.24) is 20.0 Å². The van der Waals surface area contributed by atoms with E-state index in [0.717, 1.165) is 30.4 Å². The Morgan fingerprint density at radius 3 is 2.11 bits per heavy atom. The third-order valence-corrected chi connectivity index (χ3v) is 14.8. The summed E-state index contributed by atoms with van der Waals surface area (Å²) in [5.74, 6) is -1.31. The molecule has 2 aromatic rings.